The van der Waals surface area contributed by atoms with Crippen molar-refractivity contribution in [2.75, 3.05) is 39.6 Å². The van der Waals surface area contributed by atoms with Crippen LogP contribution in [0, 0.1) is 23.7 Å². The summed E-state index contributed by atoms with van der Waals surface area (Å²) in [5, 5.41) is 10.6. The lowest BCUT2D eigenvalue weighted by Gasteiger charge is -2.21. The molecular formula is C77H150O17P2. The van der Waals surface area contributed by atoms with Gasteiger partial charge in [-0.05, 0) is 49.4 Å². The van der Waals surface area contributed by atoms with Gasteiger partial charge in [-0.1, -0.05) is 338 Å². The fourth-order valence-electron chi connectivity index (χ4n) is 11.7. The number of rotatable bonds is 74. The summed E-state index contributed by atoms with van der Waals surface area (Å²) in [6.07, 6.45) is 51.1. The van der Waals surface area contributed by atoms with Gasteiger partial charge in [0, 0.05) is 25.7 Å². The van der Waals surface area contributed by atoms with E-state index in [1.54, 1.807) is 0 Å². The Morgan fingerprint density at radius 3 is 0.740 bits per heavy atom. The molecule has 3 N–H and O–H groups in total. The van der Waals surface area contributed by atoms with Gasteiger partial charge in [0.2, 0.25) is 0 Å². The number of hydrogen-bond acceptors (Lipinski definition) is 15. The van der Waals surface area contributed by atoms with E-state index in [1.165, 1.54) is 193 Å². The van der Waals surface area contributed by atoms with E-state index in [0.717, 1.165) is 114 Å². The van der Waals surface area contributed by atoms with Crippen LogP contribution in [-0.2, 0) is 65.4 Å². The maximum Gasteiger partial charge on any atom is 0.472 e. The third-order valence-electron chi connectivity index (χ3n) is 18.5. The molecule has 19 heteroatoms. The summed E-state index contributed by atoms with van der Waals surface area (Å²) in [5.74, 6) is 1.01. The van der Waals surface area contributed by atoms with E-state index in [-0.39, 0.29) is 25.7 Å². The number of phosphoric acid groups is 2. The zero-order chi connectivity index (χ0) is 71.0. The molecule has 0 saturated carbocycles. The van der Waals surface area contributed by atoms with Crippen LogP contribution < -0.4 is 0 Å². The third kappa shape index (κ3) is 67.9. The average Bonchev–Trinajstić information content (AvgIpc) is 1.20. The molecular weight excluding hydrogens is 1260 g/mol. The lowest BCUT2D eigenvalue weighted by Crippen LogP contribution is -2.30. The van der Waals surface area contributed by atoms with Crippen molar-refractivity contribution >= 4 is 39.5 Å². The summed E-state index contributed by atoms with van der Waals surface area (Å²) in [5.41, 5.74) is 0. The number of aliphatic hydroxyl groups is 1. The van der Waals surface area contributed by atoms with Gasteiger partial charge in [0.05, 0.1) is 26.4 Å². The molecule has 0 bridgehead atoms. The third-order valence-corrected chi connectivity index (χ3v) is 20.4. The molecule has 0 aliphatic heterocycles. The van der Waals surface area contributed by atoms with Crippen LogP contribution in [0.2, 0.25) is 0 Å². The Bertz CT molecular complexity index is 1890. The summed E-state index contributed by atoms with van der Waals surface area (Å²) in [6.45, 7) is 14.3. The highest BCUT2D eigenvalue weighted by Gasteiger charge is 2.30. The van der Waals surface area contributed by atoms with Crippen molar-refractivity contribution < 1.29 is 80.2 Å². The maximum absolute atomic E-state index is 13.1. The maximum atomic E-state index is 13.1. The second-order valence-electron chi connectivity index (χ2n) is 29.2. The highest BCUT2D eigenvalue weighted by Crippen LogP contribution is 2.45. The predicted molar refractivity (Wildman–Crippen MR) is 391 cm³/mol. The van der Waals surface area contributed by atoms with E-state index in [9.17, 15) is 43.2 Å². The summed E-state index contributed by atoms with van der Waals surface area (Å²) in [7, 11) is -9.92. The van der Waals surface area contributed by atoms with E-state index in [2.05, 4.69) is 55.4 Å². The number of esters is 4. The molecule has 0 radical (unpaired) electrons. The number of carbonyl (C=O) groups is 4. The normalized spacial score (nSPS) is 14.7. The van der Waals surface area contributed by atoms with Gasteiger partial charge in [-0.2, -0.15) is 0 Å². The van der Waals surface area contributed by atoms with E-state index < -0.39 is 97.5 Å². The molecule has 0 fully saturated rings. The number of aliphatic hydroxyl groups excluding tert-OH is 1. The second kappa shape index (κ2) is 66.3. The largest absolute Gasteiger partial charge is 0.472 e. The number of unbranched alkanes of at least 4 members (excludes halogenated alkanes) is 38. The highest BCUT2D eigenvalue weighted by molar-refractivity contribution is 7.47. The molecule has 7 atom stereocenters. The van der Waals surface area contributed by atoms with Crippen molar-refractivity contribution in [1.82, 2.24) is 0 Å². The first-order valence-corrected chi connectivity index (χ1v) is 42.8. The lowest BCUT2D eigenvalue weighted by atomic mass is 9.99. The van der Waals surface area contributed by atoms with E-state index in [0.29, 0.717) is 25.7 Å². The van der Waals surface area contributed by atoms with Crippen molar-refractivity contribution in [2.24, 2.45) is 23.7 Å². The van der Waals surface area contributed by atoms with Gasteiger partial charge in [0.25, 0.3) is 0 Å². The van der Waals surface area contributed by atoms with Crippen molar-refractivity contribution in [3.63, 3.8) is 0 Å². The van der Waals surface area contributed by atoms with Crippen LogP contribution in [0.25, 0.3) is 0 Å². The van der Waals surface area contributed by atoms with Crippen molar-refractivity contribution in [1.29, 1.82) is 0 Å². The monoisotopic (exact) mass is 1410 g/mol. The molecule has 0 spiro atoms. The average molecular weight is 1410 g/mol. The van der Waals surface area contributed by atoms with E-state index in [1.807, 2.05) is 0 Å². The van der Waals surface area contributed by atoms with Crippen LogP contribution in [0.5, 0.6) is 0 Å². The van der Waals surface area contributed by atoms with Crippen molar-refractivity contribution in [2.45, 2.75) is 408 Å². The first-order valence-electron chi connectivity index (χ1n) is 39.8. The fraction of sp³-hybridized carbons (Fsp3) is 0.948. The minimum absolute atomic E-state index is 0.105. The molecule has 0 aliphatic carbocycles. The standard InChI is InChI=1S/C77H150O17P2/c1-9-69(7)55-47-39-31-22-17-19-24-33-41-49-57-74(79)87-63-72(93-76(81)59-51-43-35-25-16-14-12-11-13-15-21-29-37-45-53-67(3)4)65-91-95(83,84)89-61-71(78)62-90-96(85,86)92-66-73(64-88-75(80)58-50-42-34-28-27-30-38-46-54-68(5)6)94-77(82)60-52-44-36-26-20-18-23-32-40-48-56-70(8)10-2/h67-73,78H,9-66H2,1-8H3,(H,83,84)(H,85,86)/t69?,70?,71?,72-,73-/m1/s1. The Kier molecular flexibility index (Phi) is 65.0. The Hall–Kier alpha value is -1.94. The number of carbonyl (C=O) groups excluding carboxylic acids is 4. The lowest BCUT2D eigenvalue weighted by molar-refractivity contribution is -0.161. The van der Waals surface area contributed by atoms with E-state index in [4.69, 9.17) is 37.0 Å². The van der Waals surface area contributed by atoms with Crippen LogP contribution in [-0.4, -0.2) is 96.7 Å². The summed E-state index contributed by atoms with van der Waals surface area (Å²) >= 11 is 0. The Labute approximate surface area is 588 Å². The van der Waals surface area contributed by atoms with Gasteiger partial charge in [-0.15, -0.1) is 0 Å². The molecule has 0 aliphatic rings. The molecule has 5 unspecified atom stereocenters. The predicted octanol–water partition coefficient (Wildman–Crippen LogP) is 22.4. The Morgan fingerprint density at radius 2 is 0.500 bits per heavy atom. The van der Waals surface area contributed by atoms with Crippen molar-refractivity contribution in [3.8, 4) is 0 Å². The smallest absolute Gasteiger partial charge is 0.462 e. The van der Waals surface area contributed by atoms with Crippen molar-refractivity contribution in [3.05, 3.63) is 0 Å². The first kappa shape index (κ1) is 94.1. The van der Waals surface area contributed by atoms with Crippen LogP contribution in [0.3, 0.4) is 0 Å². The van der Waals surface area contributed by atoms with Gasteiger partial charge in [0.15, 0.2) is 12.2 Å². The zero-order valence-corrected chi connectivity index (χ0v) is 64.8. The number of ether oxygens (including phenoxy) is 4. The van der Waals surface area contributed by atoms with Crippen LogP contribution in [0.1, 0.15) is 389 Å². The van der Waals surface area contributed by atoms with Crippen LogP contribution in [0.4, 0.5) is 0 Å². The summed E-state index contributed by atoms with van der Waals surface area (Å²) in [4.78, 5) is 72.9. The molecule has 0 aromatic heterocycles. The summed E-state index contributed by atoms with van der Waals surface area (Å²) in [6, 6.07) is 0. The number of hydrogen-bond donors (Lipinski definition) is 3. The molecule has 0 amide bonds. The van der Waals surface area contributed by atoms with E-state index >= 15 is 0 Å². The minimum Gasteiger partial charge on any atom is -0.462 e. The number of phosphoric ester groups is 2. The fourth-order valence-corrected chi connectivity index (χ4v) is 13.2. The molecule has 96 heavy (non-hydrogen) atoms. The molecule has 0 heterocycles. The molecule has 0 rings (SSSR count). The second-order valence-corrected chi connectivity index (χ2v) is 32.1. The first-order chi connectivity index (χ1) is 46.2. The quantitative estimate of drug-likeness (QED) is 0.0222. The SMILES string of the molecule is CCC(C)CCCCCCCCCCCCC(=O)OC[C@H](COP(=O)(O)OCC(O)COP(=O)(O)OC[C@@H](COC(=O)CCCCCCCCCCC(C)C)OC(=O)CCCCCCCCCCCCC(C)CC)OC(=O)CCCCCCCCCCCCCCCCC(C)C. The molecule has 0 aromatic rings. The molecule has 0 saturated heterocycles. The van der Waals surface area contributed by atoms with Gasteiger partial charge >= 0.3 is 39.5 Å². The minimum atomic E-state index is -4.96. The van der Waals surface area contributed by atoms with Crippen LogP contribution in [0.15, 0.2) is 0 Å². The van der Waals surface area contributed by atoms with Crippen LogP contribution >= 0.6 is 15.6 Å². The van der Waals surface area contributed by atoms with Gasteiger partial charge in [-0.3, -0.25) is 37.3 Å². The van der Waals surface area contributed by atoms with Gasteiger partial charge in [-0.25, -0.2) is 9.13 Å². The molecule has 570 valence electrons. The van der Waals surface area contributed by atoms with Gasteiger partial charge < -0.3 is 33.8 Å². The summed E-state index contributed by atoms with van der Waals surface area (Å²) < 4.78 is 68.6. The highest BCUT2D eigenvalue weighted by atomic mass is 31.2. The Balaban J connectivity index is 5.27. The topological polar surface area (TPSA) is 237 Å². The Morgan fingerprint density at radius 1 is 0.292 bits per heavy atom. The molecule has 0 aromatic carbocycles. The molecule has 17 nitrogen and oxygen atoms in total. The zero-order valence-electron chi connectivity index (χ0n) is 63.0. The van der Waals surface area contributed by atoms with Gasteiger partial charge in [0.1, 0.15) is 19.3 Å².